The van der Waals surface area contributed by atoms with E-state index in [0.29, 0.717) is 0 Å². The van der Waals surface area contributed by atoms with E-state index in [1.54, 1.807) is 18.2 Å². The van der Waals surface area contributed by atoms with Crippen molar-refractivity contribution in [3.8, 4) is 0 Å². The molecule has 0 radical (unpaired) electrons. The summed E-state index contributed by atoms with van der Waals surface area (Å²) in [5.41, 5.74) is 0.249. The van der Waals surface area contributed by atoms with E-state index in [0.717, 1.165) is 7.11 Å². The normalized spacial score (nSPS) is 12.8. The van der Waals surface area contributed by atoms with Crippen LogP contribution in [-0.4, -0.2) is 31.4 Å². The first-order valence-corrected chi connectivity index (χ1v) is 5.62. The molecule has 0 saturated heterocycles. The van der Waals surface area contributed by atoms with Crippen molar-refractivity contribution in [1.82, 2.24) is 0 Å². The van der Waals surface area contributed by atoms with Gasteiger partial charge in [0.2, 0.25) is 5.78 Å². The van der Waals surface area contributed by atoms with Gasteiger partial charge in [-0.05, 0) is 12.5 Å². The van der Waals surface area contributed by atoms with Crippen LogP contribution >= 0.6 is 0 Å². The van der Waals surface area contributed by atoms with Crippen LogP contribution in [0, 0.1) is 0 Å². The van der Waals surface area contributed by atoms with E-state index >= 15 is 0 Å². The Hall–Kier alpha value is -1.82. The smallest absolute Gasteiger partial charge is 0.402 e. The van der Waals surface area contributed by atoms with Gasteiger partial charge in [-0.1, -0.05) is 30.3 Å². The standard InChI is InChI=1S/C13H14F2O4/c1-3-19-12(17)13(14,15)11(16)10(18-2)9-7-5-4-6-8-9/h4-8,10H,3H2,1-2H3. The number of hydrogen-bond donors (Lipinski definition) is 0. The molecule has 0 heterocycles. The quantitative estimate of drug-likeness (QED) is 0.588. The predicted molar refractivity (Wildman–Crippen MR) is 62.8 cm³/mol. The van der Waals surface area contributed by atoms with Crippen molar-refractivity contribution in [1.29, 1.82) is 0 Å². The SMILES string of the molecule is CCOC(=O)C(F)(F)C(=O)C(OC)c1ccccc1. The fourth-order valence-electron chi connectivity index (χ4n) is 1.51. The van der Waals surface area contributed by atoms with Gasteiger partial charge in [0.05, 0.1) is 6.61 Å². The molecule has 1 unspecified atom stereocenters. The molecular weight excluding hydrogens is 258 g/mol. The van der Waals surface area contributed by atoms with Gasteiger partial charge in [-0.2, -0.15) is 8.78 Å². The zero-order valence-corrected chi connectivity index (χ0v) is 10.6. The van der Waals surface area contributed by atoms with Crippen molar-refractivity contribution >= 4 is 11.8 Å². The number of ether oxygens (including phenoxy) is 2. The predicted octanol–water partition coefficient (Wildman–Crippen LogP) is 2.14. The molecule has 0 aromatic heterocycles. The van der Waals surface area contributed by atoms with E-state index < -0.39 is 23.8 Å². The van der Waals surface area contributed by atoms with Crippen LogP contribution in [0.2, 0.25) is 0 Å². The van der Waals surface area contributed by atoms with Crippen molar-refractivity contribution in [2.45, 2.75) is 19.0 Å². The zero-order chi connectivity index (χ0) is 14.5. The lowest BCUT2D eigenvalue weighted by molar-refractivity contribution is -0.181. The fraction of sp³-hybridized carbons (Fsp3) is 0.385. The molecule has 0 saturated carbocycles. The lowest BCUT2D eigenvalue weighted by atomic mass is 10.0. The number of rotatable bonds is 6. The van der Waals surface area contributed by atoms with Gasteiger partial charge in [0.15, 0.2) is 0 Å². The van der Waals surface area contributed by atoms with Gasteiger partial charge in [0.25, 0.3) is 0 Å². The average Bonchev–Trinajstić information content (AvgIpc) is 2.41. The molecule has 0 fully saturated rings. The van der Waals surface area contributed by atoms with Crippen LogP contribution in [0.4, 0.5) is 8.78 Å². The highest BCUT2D eigenvalue weighted by molar-refractivity contribution is 6.07. The first-order valence-electron chi connectivity index (χ1n) is 5.62. The number of carbonyl (C=O) groups is 2. The molecular formula is C13H14F2O4. The second kappa shape index (κ2) is 6.38. The van der Waals surface area contributed by atoms with E-state index in [-0.39, 0.29) is 12.2 Å². The second-order valence-corrected chi connectivity index (χ2v) is 3.69. The number of carbonyl (C=O) groups excluding carboxylic acids is 2. The lowest BCUT2D eigenvalue weighted by Gasteiger charge is -2.20. The number of alkyl halides is 2. The lowest BCUT2D eigenvalue weighted by Crippen LogP contribution is -2.42. The molecule has 1 rings (SSSR count). The molecule has 6 heteroatoms. The summed E-state index contributed by atoms with van der Waals surface area (Å²) < 4.78 is 36.2. The molecule has 4 nitrogen and oxygen atoms in total. The average molecular weight is 272 g/mol. The van der Waals surface area contributed by atoms with Crippen LogP contribution < -0.4 is 0 Å². The van der Waals surface area contributed by atoms with Crippen molar-refractivity contribution in [2.75, 3.05) is 13.7 Å². The molecule has 0 amide bonds. The Morgan fingerprint density at radius 2 is 1.84 bits per heavy atom. The maximum Gasteiger partial charge on any atom is 0.402 e. The van der Waals surface area contributed by atoms with Crippen molar-refractivity contribution in [2.24, 2.45) is 0 Å². The number of benzene rings is 1. The van der Waals surface area contributed by atoms with Crippen molar-refractivity contribution in [3.63, 3.8) is 0 Å². The fourth-order valence-corrected chi connectivity index (χ4v) is 1.51. The first-order chi connectivity index (χ1) is 8.95. The van der Waals surface area contributed by atoms with Crippen molar-refractivity contribution in [3.05, 3.63) is 35.9 Å². The maximum atomic E-state index is 13.6. The van der Waals surface area contributed by atoms with Crippen LogP contribution in [0.15, 0.2) is 30.3 Å². The Labute approximate surface area is 109 Å². The van der Waals surface area contributed by atoms with E-state index in [9.17, 15) is 18.4 Å². The van der Waals surface area contributed by atoms with Crippen LogP contribution in [0.5, 0.6) is 0 Å². The molecule has 0 aliphatic heterocycles. The molecule has 0 aliphatic rings. The Bertz CT molecular complexity index is 445. The number of methoxy groups -OCH3 is 1. The zero-order valence-electron chi connectivity index (χ0n) is 10.6. The molecule has 0 N–H and O–H groups in total. The third-order valence-electron chi connectivity index (χ3n) is 2.42. The van der Waals surface area contributed by atoms with Gasteiger partial charge in [-0.3, -0.25) is 4.79 Å². The summed E-state index contributed by atoms with van der Waals surface area (Å²) in [5.74, 6) is -7.73. The summed E-state index contributed by atoms with van der Waals surface area (Å²) in [7, 11) is 1.12. The number of esters is 1. The van der Waals surface area contributed by atoms with E-state index in [1.165, 1.54) is 19.1 Å². The van der Waals surface area contributed by atoms with Gasteiger partial charge >= 0.3 is 11.9 Å². The third kappa shape index (κ3) is 3.35. The van der Waals surface area contributed by atoms with Crippen LogP contribution in [0.25, 0.3) is 0 Å². The minimum absolute atomic E-state index is 0.231. The molecule has 19 heavy (non-hydrogen) atoms. The summed E-state index contributed by atoms with van der Waals surface area (Å²) in [6, 6.07) is 7.76. The second-order valence-electron chi connectivity index (χ2n) is 3.69. The number of hydrogen-bond acceptors (Lipinski definition) is 4. The molecule has 104 valence electrons. The monoisotopic (exact) mass is 272 g/mol. The number of Topliss-reactive ketones (excluding diaryl/α,β-unsaturated/α-hetero) is 1. The van der Waals surface area contributed by atoms with Crippen molar-refractivity contribution < 1.29 is 27.8 Å². The maximum absolute atomic E-state index is 13.6. The minimum atomic E-state index is -4.23. The molecule has 1 atom stereocenters. The molecule has 1 aromatic carbocycles. The highest BCUT2D eigenvalue weighted by Crippen LogP contribution is 2.28. The van der Waals surface area contributed by atoms with E-state index in [1.807, 2.05) is 0 Å². The minimum Gasteiger partial charge on any atom is -0.461 e. The summed E-state index contributed by atoms with van der Waals surface area (Å²) in [4.78, 5) is 22.8. The Morgan fingerprint density at radius 1 is 1.26 bits per heavy atom. The van der Waals surface area contributed by atoms with Gasteiger partial charge in [0.1, 0.15) is 6.10 Å². The van der Waals surface area contributed by atoms with Gasteiger partial charge in [-0.25, -0.2) is 4.79 Å². The number of ketones is 1. The largest absolute Gasteiger partial charge is 0.461 e. The van der Waals surface area contributed by atoms with Gasteiger partial charge in [0, 0.05) is 7.11 Å². The van der Waals surface area contributed by atoms with Crippen LogP contribution in [-0.2, 0) is 19.1 Å². The van der Waals surface area contributed by atoms with E-state index in [4.69, 9.17) is 4.74 Å². The first kappa shape index (κ1) is 15.2. The summed E-state index contributed by atoms with van der Waals surface area (Å²) in [6.45, 7) is 1.15. The Kier molecular flexibility index (Phi) is 5.11. The number of halogens is 2. The van der Waals surface area contributed by atoms with Crippen LogP contribution in [0.1, 0.15) is 18.6 Å². The summed E-state index contributed by atoms with van der Waals surface area (Å²) in [5, 5.41) is 0. The van der Waals surface area contributed by atoms with Gasteiger partial charge in [-0.15, -0.1) is 0 Å². The van der Waals surface area contributed by atoms with Gasteiger partial charge < -0.3 is 9.47 Å². The highest BCUT2D eigenvalue weighted by atomic mass is 19.3. The molecule has 0 bridgehead atoms. The third-order valence-corrected chi connectivity index (χ3v) is 2.42. The van der Waals surface area contributed by atoms with Crippen LogP contribution in [0.3, 0.4) is 0 Å². The topological polar surface area (TPSA) is 52.6 Å². The summed E-state index contributed by atoms with van der Waals surface area (Å²) in [6.07, 6.45) is -1.51. The molecule has 1 aromatic rings. The molecule has 0 spiro atoms. The molecule has 0 aliphatic carbocycles. The highest BCUT2D eigenvalue weighted by Gasteiger charge is 2.52. The summed E-state index contributed by atoms with van der Waals surface area (Å²) >= 11 is 0. The Morgan fingerprint density at radius 3 is 2.32 bits per heavy atom. The van der Waals surface area contributed by atoms with E-state index in [2.05, 4.69) is 4.74 Å². The Balaban J connectivity index is 2.99.